The Balaban J connectivity index is 1.64. The Labute approximate surface area is 153 Å². The van der Waals surface area contributed by atoms with Gasteiger partial charge in [0.15, 0.2) is 0 Å². The SMILES string of the molecule is FC(F)(F)c1ccc(Oc2ccc(OCc3ccccc3)cc2)c(Cl)c1. The molecule has 26 heavy (non-hydrogen) atoms. The molecule has 0 saturated heterocycles. The van der Waals surface area contributed by atoms with E-state index in [4.69, 9.17) is 21.1 Å². The minimum atomic E-state index is -4.44. The molecule has 134 valence electrons. The van der Waals surface area contributed by atoms with E-state index in [2.05, 4.69) is 0 Å². The van der Waals surface area contributed by atoms with E-state index in [9.17, 15) is 13.2 Å². The van der Waals surface area contributed by atoms with Crippen LogP contribution in [-0.2, 0) is 12.8 Å². The lowest BCUT2D eigenvalue weighted by Gasteiger charge is -2.12. The topological polar surface area (TPSA) is 18.5 Å². The standard InChI is InChI=1S/C20H14ClF3O2/c21-18-12-15(20(22,23)24)6-11-19(18)26-17-9-7-16(8-10-17)25-13-14-4-2-1-3-5-14/h1-12H,13H2. The number of hydrogen-bond donors (Lipinski definition) is 0. The Bertz CT molecular complexity index is 862. The molecule has 0 saturated carbocycles. The van der Waals surface area contributed by atoms with Crippen molar-refractivity contribution in [2.24, 2.45) is 0 Å². The van der Waals surface area contributed by atoms with Gasteiger partial charge in [-0.2, -0.15) is 13.2 Å². The van der Waals surface area contributed by atoms with Crippen molar-refractivity contribution in [3.8, 4) is 17.2 Å². The van der Waals surface area contributed by atoms with Crippen LogP contribution in [0.2, 0.25) is 5.02 Å². The molecule has 0 aromatic heterocycles. The molecule has 0 unspecified atom stereocenters. The number of halogens is 4. The van der Waals surface area contributed by atoms with Gasteiger partial charge in [0.05, 0.1) is 10.6 Å². The molecule has 0 bridgehead atoms. The molecule has 3 aromatic carbocycles. The van der Waals surface area contributed by atoms with Crippen LogP contribution in [0.4, 0.5) is 13.2 Å². The monoisotopic (exact) mass is 378 g/mol. The Kier molecular flexibility index (Phi) is 5.38. The first-order chi connectivity index (χ1) is 12.4. The van der Waals surface area contributed by atoms with Crippen molar-refractivity contribution in [1.29, 1.82) is 0 Å². The maximum absolute atomic E-state index is 12.7. The first-order valence-electron chi connectivity index (χ1n) is 7.73. The fourth-order valence-corrected chi connectivity index (χ4v) is 2.45. The first-order valence-corrected chi connectivity index (χ1v) is 8.11. The Hall–Kier alpha value is -2.66. The zero-order valence-electron chi connectivity index (χ0n) is 13.5. The van der Waals surface area contributed by atoms with Gasteiger partial charge in [-0.3, -0.25) is 0 Å². The first kappa shape index (κ1) is 18.1. The van der Waals surface area contributed by atoms with Crippen molar-refractivity contribution in [2.45, 2.75) is 12.8 Å². The van der Waals surface area contributed by atoms with Crippen LogP contribution in [0.1, 0.15) is 11.1 Å². The summed E-state index contributed by atoms with van der Waals surface area (Å²) >= 11 is 5.88. The second kappa shape index (κ2) is 7.70. The molecule has 0 N–H and O–H groups in total. The van der Waals surface area contributed by atoms with Crippen LogP contribution in [0.3, 0.4) is 0 Å². The number of alkyl halides is 3. The maximum Gasteiger partial charge on any atom is 0.416 e. The van der Waals surface area contributed by atoms with E-state index in [1.54, 1.807) is 24.3 Å². The summed E-state index contributed by atoms with van der Waals surface area (Å²) in [6.07, 6.45) is -4.44. The van der Waals surface area contributed by atoms with Crippen molar-refractivity contribution in [1.82, 2.24) is 0 Å². The van der Waals surface area contributed by atoms with Gasteiger partial charge in [0.25, 0.3) is 0 Å². The van der Waals surface area contributed by atoms with Crippen LogP contribution in [0.5, 0.6) is 17.2 Å². The summed E-state index contributed by atoms with van der Waals surface area (Å²) in [6.45, 7) is 0.436. The summed E-state index contributed by atoms with van der Waals surface area (Å²) in [5.74, 6) is 1.25. The molecule has 0 aliphatic heterocycles. The van der Waals surface area contributed by atoms with E-state index in [0.717, 1.165) is 17.7 Å². The zero-order chi connectivity index (χ0) is 18.6. The summed E-state index contributed by atoms with van der Waals surface area (Å²) in [5.41, 5.74) is 0.226. The Morgan fingerprint density at radius 2 is 1.46 bits per heavy atom. The van der Waals surface area contributed by atoms with Crippen LogP contribution in [0.25, 0.3) is 0 Å². The van der Waals surface area contributed by atoms with Gasteiger partial charge in [0.1, 0.15) is 23.9 Å². The molecule has 0 spiro atoms. The lowest BCUT2D eigenvalue weighted by Crippen LogP contribution is -2.04. The summed E-state index contributed by atoms with van der Waals surface area (Å²) in [5, 5.41) is -0.107. The summed E-state index contributed by atoms with van der Waals surface area (Å²) < 4.78 is 49.2. The molecule has 0 amide bonds. The maximum atomic E-state index is 12.7. The quantitative estimate of drug-likeness (QED) is 0.490. The third kappa shape index (κ3) is 4.70. The number of hydrogen-bond acceptors (Lipinski definition) is 2. The lowest BCUT2D eigenvalue weighted by atomic mass is 10.2. The molecule has 3 rings (SSSR count). The molecule has 0 radical (unpaired) electrons. The van der Waals surface area contributed by atoms with E-state index in [1.807, 2.05) is 30.3 Å². The number of ether oxygens (including phenoxy) is 2. The molecule has 2 nitrogen and oxygen atoms in total. The van der Waals surface area contributed by atoms with Crippen molar-refractivity contribution in [3.05, 3.63) is 88.9 Å². The molecular weight excluding hydrogens is 365 g/mol. The fourth-order valence-electron chi connectivity index (χ4n) is 2.23. The fraction of sp³-hybridized carbons (Fsp3) is 0.100. The minimum Gasteiger partial charge on any atom is -0.489 e. The van der Waals surface area contributed by atoms with Gasteiger partial charge in [-0.25, -0.2) is 0 Å². The number of benzene rings is 3. The van der Waals surface area contributed by atoms with Crippen LogP contribution >= 0.6 is 11.6 Å². The third-order valence-electron chi connectivity index (χ3n) is 3.56. The van der Waals surface area contributed by atoms with E-state index >= 15 is 0 Å². The number of rotatable bonds is 5. The van der Waals surface area contributed by atoms with Crippen molar-refractivity contribution in [3.63, 3.8) is 0 Å². The smallest absolute Gasteiger partial charge is 0.416 e. The molecule has 0 aliphatic carbocycles. The van der Waals surface area contributed by atoms with Gasteiger partial charge in [0, 0.05) is 0 Å². The largest absolute Gasteiger partial charge is 0.489 e. The van der Waals surface area contributed by atoms with Crippen molar-refractivity contribution in [2.75, 3.05) is 0 Å². The van der Waals surface area contributed by atoms with Crippen LogP contribution in [0.15, 0.2) is 72.8 Å². The summed E-state index contributed by atoms with van der Waals surface area (Å²) in [6, 6.07) is 19.5. The normalized spacial score (nSPS) is 11.2. The molecule has 0 aliphatic rings. The van der Waals surface area contributed by atoms with Gasteiger partial charge in [0.2, 0.25) is 0 Å². The minimum absolute atomic E-state index is 0.107. The van der Waals surface area contributed by atoms with Gasteiger partial charge in [-0.15, -0.1) is 0 Å². The van der Waals surface area contributed by atoms with Crippen LogP contribution < -0.4 is 9.47 Å². The average molecular weight is 379 g/mol. The highest BCUT2D eigenvalue weighted by Gasteiger charge is 2.31. The van der Waals surface area contributed by atoms with E-state index < -0.39 is 11.7 Å². The van der Waals surface area contributed by atoms with Gasteiger partial charge in [-0.1, -0.05) is 41.9 Å². The molecule has 3 aromatic rings. The van der Waals surface area contributed by atoms with E-state index in [-0.39, 0.29) is 10.8 Å². The van der Waals surface area contributed by atoms with Gasteiger partial charge < -0.3 is 9.47 Å². The van der Waals surface area contributed by atoms with Crippen LogP contribution in [-0.4, -0.2) is 0 Å². The lowest BCUT2D eigenvalue weighted by molar-refractivity contribution is -0.137. The van der Waals surface area contributed by atoms with E-state index in [0.29, 0.717) is 18.1 Å². The highest BCUT2D eigenvalue weighted by Crippen LogP contribution is 2.36. The summed E-state index contributed by atoms with van der Waals surface area (Å²) in [4.78, 5) is 0. The van der Waals surface area contributed by atoms with E-state index in [1.165, 1.54) is 6.07 Å². The Morgan fingerprint density at radius 3 is 2.08 bits per heavy atom. The highest BCUT2D eigenvalue weighted by molar-refractivity contribution is 6.32. The highest BCUT2D eigenvalue weighted by atomic mass is 35.5. The second-order valence-corrected chi connectivity index (χ2v) is 5.90. The Morgan fingerprint density at radius 1 is 0.808 bits per heavy atom. The predicted octanol–water partition coefficient (Wildman–Crippen LogP) is 6.73. The van der Waals surface area contributed by atoms with Crippen molar-refractivity contribution >= 4 is 11.6 Å². The zero-order valence-corrected chi connectivity index (χ0v) is 14.2. The molecule has 0 heterocycles. The van der Waals surface area contributed by atoms with Crippen molar-refractivity contribution < 1.29 is 22.6 Å². The van der Waals surface area contributed by atoms with Gasteiger partial charge in [-0.05, 0) is 48.0 Å². The predicted molar refractivity (Wildman–Crippen MR) is 93.7 cm³/mol. The van der Waals surface area contributed by atoms with Gasteiger partial charge >= 0.3 is 6.18 Å². The second-order valence-electron chi connectivity index (χ2n) is 5.49. The molecule has 0 atom stereocenters. The summed E-state index contributed by atoms with van der Waals surface area (Å²) in [7, 11) is 0. The molecular formula is C20H14ClF3O2. The average Bonchev–Trinajstić information content (AvgIpc) is 2.63. The van der Waals surface area contributed by atoms with Crippen LogP contribution in [0, 0.1) is 0 Å². The third-order valence-corrected chi connectivity index (χ3v) is 3.85. The molecule has 6 heteroatoms. The molecule has 0 fully saturated rings.